The normalized spacial score (nSPS) is 19.8. The van der Waals surface area contributed by atoms with Crippen molar-refractivity contribution in [1.82, 2.24) is 5.32 Å². The van der Waals surface area contributed by atoms with E-state index in [1.807, 2.05) is 44.2 Å². The monoisotopic (exact) mass is 404 g/mol. The Kier molecular flexibility index (Phi) is 8.16. The van der Waals surface area contributed by atoms with Gasteiger partial charge in [-0.05, 0) is 35.3 Å². The quantitative estimate of drug-likeness (QED) is 0.648. The summed E-state index contributed by atoms with van der Waals surface area (Å²) in [6.07, 6.45) is 11.4. The number of benzene rings is 2. The third kappa shape index (κ3) is 5.77. The zero-order valence-corrected chi connectivity index (χ0v) is 17.6. The lowest BCUT2D eigenvalue weighted by molar-refractivity contribution is 0.156. The number of amidine groups is 1. The van der Waals surface area contributed by atoms with E-state index in [1.54, 1.807) is 6.07 Å². The van der Waals surface area contributed by atoms with Crippen LogP contribution in [-0.2, 0) is 11.3 Å². The van der Waals surface area contributed by atoms with Crippen LogP contribution in [0.15, 0.2) is 95.5 Å². The molecule has 30 heavy (non-hydrogen) atoms. The molecule has 0 radical (unpaired) electrons. The van der Waals surface area contributed by atoms with E-state index in [4.69, 9.17) is 9.73 Å². The second kappa shape index (κ2) is 11.3. The van der Waals surface area contributed by atoms with Crippen molar-refractivity contribution in [2.45, 2.75) is 39.0 Å². The van der Waals surface area contributed by atoms with Crippen LogP contribution in [0.2, 0.25) is 0 Å². The fourth-order valence-corrected chi connectivity index (χ4v) is 3.55. The van der Waals surface area contributed by atoms with Crippen LogP contribution >= 0.6 is 0 Å². The molecule has 156 valence electrons. The Labute approximate surface area is 178 Å². The third-order valence-electron chi connectivity index (χ3n) is 4.89. The number of aliphatic imine (C=N–C) groups is 1. The van der Waals surface area contributed by atoms with Crippen LogP contribution in [0.3, 0.4) is 0 Å². The highest BCUT2D eigenvalue weighted by atomic mass is 19.1. The highest BCUT2D eigenvalue weighted by molar-refractivity contribution is 5.86. The Morgan fingerprint density at radius 3 is 2.63 bits per heavy atom. The maximum atomic E-state index is 13.3. The van der Waals surface area contributed by atoms with Gasteiger partial charge in [-0.15, -0.1) is 0 Å². The number of allylic oxidation sites excluding steroid dienone is 5. The Balaban J connectivity index is 0.00000124. The van der Waals surface area contributed by atoms with E-state index in [1.165, 1.54) is 23.3 Å². The Morgan fingerprint density at radius 1 is 1.00 bits per heavy atom. The number of nitrogens with zero attached hydrogens (tertiary/aromatic N) is 1. The summed E-state index contributed by atoms with van der Waals surface area (Å²) in [7, 11) is 0. The summed E-state index contributed by atoms with van der Waals surface area (Å²) in [6, 6.07) is 17.0. The molecule has 2 aromatic carbocycles. The number of hydrogen-bond acceptors (Lipinski definition) is 3. The molecule has 0 saturated carbocycles. The molecule has 1 aliphatic carbocycles. The Hall–Kier alpha value is -2.98. The van der Waals surface area contributed by atoms with Crippen LogP contribution in [0.5, 0.6) is 0 Å². The van der Waals surface area contributed by atoms with Crippen LogP contribution in [0.25, 0.3) is 0 Å². The van der Waals surface area contributed by atoms with Gasteiger partial charge in [0.2, 0.25) is 0 Å². The number of ether oxygens (including phenoxy) is 1. The van der Waals surface area contributed by atoms with E-state index in [9.17, 15) is 4.39 Å². The third-order valence-corrected chi connectivity index (χ3v) is 4.89. The highest BCUT2D eigenvalue weighted by Gasteiger charge is 2.32. The molecule has 1 heterocycles. The summed E-state index contributed by atoms with van der Waals surface area (Å²) >= 11 is 0. The number of halogens is 1. The molecule has 3 nitrogen and oxygen atoms in total. The maximum absolute atomic E-state index is 13.3. The molecule has 1 aliphatic heterocycles. The molecule has 0 bridgehead atoms. The lowest BCUT2D eigenvalue weighted by atomic mass is 9.93. The first-order valence-electron chi connectivity index (χ1n) is 10.5. The summed E-state index contributed by atoms with van der Waals surface area (Å²) in [4.78, 5) is 4.93. The molecule has 4 rings (SSSR count). The topological polar surface area (TPSA) is 33.6 Å². The minimum Gasteiger partial charge on any atom is -0.369 e. The van der Waals surface area contributed by atoms with Crippen LogP contribution in [0, 0.1) is 5.82 Å². The molecule has 4 heteroatoms. The second-order valence-corrected chi connectivity index (χ2v) is 6.93. The Bertz CT molecular complexity index is 931. The first-order valence-corrected chi connectivity index (χ1v) is 10.5. The fraction of sp³-hybridized carbons (Fsp3) is 0.269. The maximum Gasteiger partial charge on any atom is 0.124 e. The van der Waals surface area contributed by atoms with E-state index < -0.39 is 0 Å². The van der Waals surface area contributed by atoms with Crippen LogP contribution in [-0.4, -0.2) is 18.5 Å². The first-order chi connectivity index (χ1) is 14.8. The SMILES string of the molecule is CC.Fc1cccc(COCC2=N[C@@H](C3=CC=CC=CC3)[C@@H](c3ccccc3)N2)c1. The fourth-order valence-electron chi connectivity index (χ4n) is 3.55. The largest absolute Gasteiger partial charge is 0.369 e. The van der Waals surface area contributed by atoms with Crippen LogP contribution < -0.4 is 5.32 Å². The van der Waals surface area contributed by atoms with Gasteiger partial charge in [0.15, 0.2) is 0 Å². The predicted octanol–water partition coefficient (Wildman–Crippen LogP) is 5.92. The first kappa shape index (κ1) is 21.7. The van der Waals surface area contributed by atoms with Crippen molar-refractivity contribution < 1.29 is 9.13 Å². The summed E-state index contributed by atoms with van der Waals surface area (Å²) < 4.78 is 19.1. The molecular weight excluding hydrogens is 375 g/mol. The zero-order chi connectivity index (χ0) is 21.2. The molecule has 0 fully saturated rings. The number of rotatable bonds is 6. The molecule has 0 aromatic heterocycles. The van der Waals surface area contributed by atoms with Gasteiger partial charge < -0.3 is 10.1 Å². The minimum absolute atomic E-state index is 0.0302. The number of hydrogen-bond donors (Lipinski definition) is 1. The minimum atomic E-state index is -0.247. The van der Waals surface area contributed by atoms with Crippen molar-refractivity contribution in [3.8, 4) is 0 Å². The smallest absolute Gasteiger partial charge is 0.124 e. The summed E-state index contributed by atoms with van der Waals surface area (Å²) in [6.45, 7) is 4.72. The van der Waals surface area contributed by atoms with Gasteiger partial charge in [0, 0.05) is 0 Å². The standard InChI is InChI=1S/C24H23FN2O.C2H6/c25-21-14-8-9-18(15-21)16-28-17-22-26-23(19-10-4-1-2-5-11-19)24(27-22)20-12-6-3-7-13-20;1-2/h1-10,12-15,23-24H,11,16-17H2,(H,26,27);1-2H3/t23-,24+;/m0./s1. The van der Waals surface area contributed by atoms with E-state index in [0.717, 1.165) is 17.8 Å². The van der Waals surface area contributed by atoms with Crippen molar-refractivity contribution in [3.63, 3.8) is 0 Å². The van der Waals surface area contributed by atoms with Crippen LogP contribution in [0.1, 0.15) is 37.4 Å². The van der Waals surface area contributed by atoms with E-state index >= 15 is 0 Å². The van der Waals surface area contributed by atoms with Gasteiger partial charge >= 0.3 is 0 Å². The summed E-state index contributed by atoms with van der Waals surface area (Å²) in [5.74, 6) is 0.580. The lowest BCUT2D eigenvalue weighted by Crippen LogP contribution is -2.29. The zero-order valence-electron chi connectivity index (χ0n) is 17.6. The average Bonchev–Trinajstić information content (AvgIpc) is 3.02. The molecule has 0 spiro atoms. The molecule has 0 unspecified atom stereocenters. The van der Waals surface area contributed by atoms with Crippen molar-refractivity contribution in [2.75, 3.05) is 6.61 Å². The van der Waals surface area contributed by atoms with Crippen molar-refractivity contribution >= 4 is 5.84 Å². The van der Waals surface area contributed by atoms with Gasteiger partial charge in [0.1, 0.15) is 18.3 Å². The molecule has 2 atom stereocenters. The van der Waals surface area contributed by atoms with Gasteiger partial charge in [-0.2, -0.15) is 0 Å². The molecule has 2 aliphatic rings. The van der Waals surface area contributed by atoms with E-state index in [0.29, 0.717) is 13.2 Å². The molecule has 1 N–H and O–H groups in total. The number of nitrogens with one attached hydrogen (secondary N) is 1. The summed E-state index contributed by atoms with van der Waals surface area (Å²) in [5.41, 5.74) is 3.29. The van der Waals surface area contributed by atoms with E-state index in [2.05, 4.69) is 41.8 Å². The van der Waals surface area contributed by atoms with Gasteiger partial charge in [-0.1, -0.05) is 86.7 Å². The predicted molar refractivity (Wildman–Crippen MR) is 122 cm³/mol. The molecular formula is C26H29FN2O. The summed E-state index contributed by atoms with van der Waals surface area (Å²) in [5, 5.41) is 3.53. The average molecular weight is 405 g/mol. The Morgan fingerprint density at radius 2 is 1.83 bits per heavy atom. The van der Waals surface area contributed by atoms with Gasteiger partial charge in [-0.3, -0.25) is 4.99 Å². The van der Waals surface area contributed by atoms with Crippen molar-refractivity contribution in [1.29, 1.82) is 0 Å². The van der Waals surface area contributed by atoms with Crippen molar-refractivity contribution in [3.05, 3.63) is 107 Å². The molecule has 0 saturated heterocycles. The highest BCUT2D eigenvalue weighted by Crippen LogP contribution is 2.31. The van der Waals surface area contributed by atoms with Gasteiger partial charge in [0.25, 0.3) is 0 Å². The van der Waals surface area contributed by atoms with Crippen molar-refractivity contribution in [2.24, 2.45) is 4.99 Å². The molecule has 0 amide bonds. The van der Waals surface area contributed by atoms with Gasteiger partial charge in [0.05, 0.1) is 18.7 Å². The van der Waals surface area contributed by atoms with Gasteiger partial charge in [-0.25, -0.2) is 4.39 Å². The van der Waals surface area contributed by atoms with E-state index in [-0.39, 0.29) is 17.9 Å². The molecule has 2 aromatic rings. The lowest BCUT2D eigenvalue weighted by Gasteiger charge is -2.21. The van der Waals surface area contributed by atoms with Crippen LogP contribution in [0.4, 0.5) is 4.39 Å². The second-order valence-electron chi connectivity index (χ2n) is 6.93.